The summed E-state index contributed by atoms with van der Waals surface area (Å²) in [6, 6.07) is 8.41. The molecule has 1 fully saturated rings. The number of carboxylic acids is 1. The van der Waals surface area contributed by atoms with Gasteiger partial charge in [-0.15, -0.1) is 0 Å². The number of carbonyl (C=O) groups excluding carboxylic acids is 1. The van der Waals surface area contributed by atoms with E-state index < -0.39 is 12.0 Å². The van der Waals surface area contributed by atoms with Crippen molar-refractivity contribution in [1.82, 2.24) is 14.7 Å². The van der Waals surface area contributed by atoms with Crippen LogP contribution in [0.2, 0.25) is 0 Å². The maximum atomic E-state index is 12.4. The van der Waals surface area contributed by atoms with Gasteiger partial charge < -0.3 is 10.0 Å². The summed E-state index contributed by atoms with van der Waals surface area (Å²) in [5.74, 6) is -1.14. The van der Waals surface area contributed by atoms with Crippen LogP contribution in [0.3, 0.4) is 0 Å². The minimum absolute atomic E-state index is 0.212. The minimum atomic E-state index is -0.929. The van der Waals surface area contributed by atoms with E-state index in [0.717, 1.165) is 12.0 Å². The minimum Gasteiger partial charge on any atom is -0.480 e. The molecule has 2 aromatic rings. The van der Waals surface area contributed by atoms with E-state index in [1.807, 2.05) is 24.4 Å². The van der Waals surface area contributed by atoms with Crippen LogP contribution in [0.4, 0.5) is 0 Å². The number of rotatable bonds is 4. The van der Waals surface area contributed by atoms with Gasteiger partial charge in [0.25, 0.3) is 5.91 Å². The lowest BCUT2D eigenvalue weighted by atomic mass is 10.1. The molecule has 0 aliphatic carbocycles. The van der Waals surface area contributed by atoms with Crippen molar-refractivity contribution in [3.63, 3.8) is 0 Å². The molecule has 1 amide bonds. The molecular weight excluding hydrogens is 282 g/mol. The second-order valence-corrected chi connectivity index (χ2v) is 5.40. The van der Waals surface area contributed by atoms with Gasteiger partial charge in [0, 0.05) is 24.5 Å². The smallest absolute Gasteiger partial charge is 0.326 e. The Morgan fingerprint density at radius 1 is 1.27 bits per heavy atom. The van der Waals surface area contributed by atoms with Crippen molar-refractivity contribution in [3.05, 3.63) is 53.9 Å². The molecule has 0 unspecified atom stereocenters. The third kappa shape index (κ3) is 2.86. The Morgan fingerprint density at radius 2 is 2.05 bits per heavy atom. The molecule has 0 radical (unpaired) electrons. The third-order valence-corrected chi connectivity index (χ3v) is 3.90. The summed E-state index contributed by atoms with van der Waals surface area (Å²) < 4.78 is 1.80. The molecule has 1 aliphatic rings. The Morgan fingerprint density at radius 3 is 2.68 bits per heavy atom. The van der Waals surface area contributed by atoms with Crippen LogP contribution >= 0.6 is 0 Å². The van der Waals surface area contributed by atoms with Gasteiger partial charge in [-0.3, -0.25) is 9.48 Å². The Bertz CT molecular complexity index is 664. The Hall–Kier alpha value is -2.63. The van der Waals surface area contributed by atoms with Crippen LogP contribution in [0, 0.1) is 0 Å². The fraction of sp³-hybridized carbons (Fsp3) is 0.312. The first-order valence-electron chi connectivity index (χ1n) is 7.25. The molecule has 1 aromatic heterocycles. The molecule has 1 saturated heterocycles. The number of hydrogen-bond acceptors (Lipinski definition) is 3. The Kier molecular flexibility index (Phi) is 3.91. The van der Waals surface area contributed by atoms with E-state index in [-0.39, 0.29) is 5.91 Å². The summed E-state index contributed by atoms with van der Waals surface area (Å²) in [6.45, 7) is 1.15. The van der Waals surface area contributed by atoms with E-state index in [0.29, 0.717) is 25.1 Å². The molecule has 1 N–H and O–H groups in total. The van der Waals surface area contributed by atoms with Crippen LogP contribution < -0.4 is 0 Å². The highest BCUT2D eigenvalue weighted by atomic mass is 16.4. The Labute approximate surface area is 128 Å². The number of benzene rings is 1. The molecule has 2 heterocycles. The van der Waals surface area contributed by atoms with Gasteiger partial charge in [0.1, 0.15) is 6.04 Å². The first-order valence-corrected chi connectivity index (χ1v) is 7.25. The molecule has 114 valence electrons. The van der Waals surface area contributed by atoms with Crippen molar-refractivity contribution >= 4 is 11.9 Å². The van der Waals surface area contributed by atoms with Gasteiger partial charge >= 0.3 is 5.97 Å². The average molecular weight is 299 g/mol. The average Bonchev–Trinajstić information content (AvgIpc) is 3.18. The van der Waals surface area contributed by atoms with E-state index in [2.05, 4.69) is 5.10 Å². The first kappa shape index (κ1) is 14.3. The van der Waals surface area contributed by atoms with Crippen LogP contribution in [0.25, 0.3) is 0 Å². The number of carboxylic acid groups (broad SMARTS) is 1. The lowest BCUT2D eigenvalue weighted by Gasteiger charge is -2.21. The second kappa shape index (κ2) is 6.01. The van der Waals surface area contributed by atoms with E-state index in [1.165, 1.54) is 4.90 Å². The highest BCUT2D eigenvalue weighted by Crippen LogP contribution is 2.20. The summed E-state index contributed by atoms with van der Waals surface area (Å²) in [4.78, 5) is 25.1. The Balaban J connectivity index is 1.72. The van der Waals surface area contributed by atoms with Gasteiger partial charge in [-0.05, 0) is 36.6 Å². The van der Waals surface area contributed by atoms with Crippen LogP contribution in [0.15, 0.2) is 42.7 Å². The standard InChI is InChI=1S/C16H17N3O3/c20-15(19-10-1-3-14(19)16(21)22)13-6-4-12(5-7-13)11-18-9-2-8-17-18/h2,4-9,14H,1,3,10-11H2,(H,21,22)/t14-/m0/s1. The molecule has 3 rings (SSSR count). The normalized spacial score (nSPS) is 17.6. The van der Waals surface area contributed by atoms with E-state index in [9.17, 15) is 9.59 Å². The van der Waals surface area contributed by atoms with E-state index >= 15 is 0 Å². The van der Waals surface area contributed by atoms with Gasteiger partial charge in [0.15, 0.2) is 0 Å². The third-order valence-electron chi connectivity index (χ3n) is 3.90. The van der Waals surface area contributed by atoms with Gasteiger partial charge in [0.05, 0.1) is 6.54 Å². The predicted octanol–water partition coefficient (Wildman–Crippen LogP) is 1.62. The van der Waals surface area contributed by atoms with Gasteiger partial charge in [0.2, 0.25) is 0 Å². The zero-order chi connectivity index (χ0) is 15.5. The SMILES string of the molecule is O=C(O)[C@@H]1CCCN1C(=O)c1ccc(Cn2cccn2)cc1. The monoisotopic (exact) mass is 299 g/mol. The number of aliphatic carboxylic acids is 1. The quantitative estimate of drug-likeness (QED) is 0.931. The zero-order valence-corrected chi connectivity index (χ0v) is 12.1. The number of nitrogens with zero attached hydrogens (tertiary/aromatic N) is 3. The van der Waals surface area contributed by atoms with E-state index in [4.69, 9.17) is 5.11 Å². The summed E-state index contributed by atoms with van der Waals surface area (Å²) in [6.07, 6.45) is 4.86. The summed E-state index contributed by atoms with van der Waals surface area (Å²) in [5, 5.41) is 13.3. The molecule has 22 heavy (non-hydrogen) atoms. The van der Waals surface area contributed by atoms with E-state index in [1.54, 1.807) is 23.0 Å². The van der Waals surface area contributed by atoms with Crippen LogP contribution in [-0.2, 0) is 11.3 Å². The number of aromatic nitrogens is 2. The molecule has 1 aliphatic heterocycles. The van der Waals surface area contributed by atoms with Crippen LogP contribution in [-0.4, -0.2) is 44.3 Å². The highest BCUT2D eigenvalue weighted by Gasteiger charge is 2.34. The first-order chi connectivity index (χ1) is 10.6. The zero-order valence-electron chi connectivity index (χ0n) is 12.1. The molecule has 1 aromatic carbocycles. The number of amides is 1. The number of likely N-dealkylation sites (tertiary alicyclic amines) is 1. The molecule has 0 bridgehead atoms. The van der Waals surface area contributed by atoms with Gasteiger partial charge in [-0.1, -0.05) is 12.1 Å². The topological polar surface area (TPSA) is 75.4 Å². The largest absolute Gasteiger partial charge is 0.480 e. The molecule has 0 saturated carbocycles. The fourth-order valence-electron chi connectivity index (χ4n) is 2.77. The summed E-state index contributed by atoms with van der Waals surface area (Å²) >= 11 is 0. The van der Waals surface area contributed by atoms with Crippen molar-refractivity contribution in [2.45, 2.75) is 25.4 Å². The van der Waals surface area contributed by atoms with Crippen molar-refractivity contribution in [3.8, 4) is 0 Å². The molecule has 6 heteroatoms. The lowest BCUT2D eigenvalue weighted by molar-refractivity contribution is -0.141. The summed E-state index contributed by atoms with van der Waals surface area (Å²) in [5.41, 5.74) is 1.56. The van der Waals surface area contributed by atoms with Crippen molar-refractivity contribution in [2.75, 3.05) is 6.54 Å². The second-order valence-electron chi connectivity index (χ2n) is 5.40. The molecule has 0 spiro atoms. The lowest BCUT2D eigenvalue weighted by Crippen LogP contribution is -2.40. The summed E-state index contributed by atoms with van der Waals surface area (Å²) in [7, 11) is 0. The fourth-order valence-corrected chi connectivity index (χ4v) is 2.77. The molecule has 6 nitrogen and oxygen atoms in total. The molecule has 1 atom stereocenters. The van der Waals surface area contributed by atoms with Crippen molar-refractivity contribution in [1.29, 1.82) is 0 Å². The van der Waals surface area contributed by atoms with Gasteiger partial charge in [-0.25, -0.2) is 4.79 Å². The number of carbonyl (C=O) groups is 2. The predicted molar refractivity (Wildman–Crippen MR) is 79.5 cm³/mol. The maximum Gasteiger partial charge on any atom is 0.326 e. The van der Waals surface area contributed by atoms with Crippen LogP contribution in [0.5, 0.6) is 0 Å². The van der Waals surface area contributed by atoms with Crippen molar-refractivity contribution < 1.29 is 14.7 Å². The van der Waals surface area contributed by atoms with Gasteiger partial charge in [-0.2, -0.15) is 5.10 Å². The van der Waals surface area contributed by atoms with Crippen LogP contribution in [0.1, 0.15) is 28.8 Å². The number of hydrogen-bond donors (Lipinski definition) is 1. The highest BCUT2D eigenvalue weighted by molar-refractivity contribution is 5.97. The van der Waals surface area contributed by atoms with Crippen molar-refractivity contribution in [2.24, 2.45) is 0 Å². The maximum absolute atomic E-state index is 12.4. The molecular formula is C16H17N3O3.